The predicted molar refractivity (Wildman–Crippen MR) is 89.0 cm³/mol. The zero-order valence-corrected chi connectivity index (χ0v) is 13.9. The Morgan fingerprint density at radius 3 is 2.76 bits per heavy atom. The Kier molecular flexibility index (Phi) is 4.60. The van der Waals surface area contributed by atoms with Crippen LogP contribution in [0.2, 0.25) is 0 Å². The van der Waals surface area contributed by atoms with Gasteiger partial charge < -0.3 is 9.88 Å². The molecular weight excluding hydrogens is 325 g/mol. The lowest BCUT2D eigenvalue weighted by Crippen LogP contribution is -2.40. The Hall–Kier alpha value is -3.03. The van der Waals surface area contributed by atoms with Gasteiger partial charge in [-0.05, 0) is 17.7 Å². The van der Waals surface area contributed by atoms with Gasteiger partial charge in [-0.15, -0.1) is 0 Å². The molecule has 0 fully saturated rings. The molecule has 7 nitrogen and oxygen atoms in total. The van der Waals surface area contributed by atoms with Crippen LogP contribution >= 0.6 is 0 Å². The standard InChI is InChI=1S/C17H18FN5O2/c1-22-9-8-19-16(22)15(11-4-3-5-12(18)10-11)20-17(25)13-6-7-14(24)23(2)21-13/h3-5,8-10,15H,6-7H2,1-2H3,(H,20,25)/t15-/m0/s1. The van der Waals surface area contributed by atoms with Gasteiger partial charge in [0.2, 0.25) is 5.91 Å². The van der Waals surface area contributed by atoms with E-state index < -0.39 is 17.8 Å². The molecule has 0 unspecified atom stereocenters. The zero-order chi connectivity index (χ0) is 18.0. The average molecular weight is 343 g/mol. The molecule has 1 atom stereocenters. The molecule has 2 heterocycles. The van der Waals surface area contributed by atoms with Gasteiger partial charge in [-0.25, -0.2) is 14.4 Å². The lowest BCUT2D eigenvalue weighted by Gasteiger charge is -2.22. The Balaban J connectivity index is 1.91. The number of hydrogen-bond donors (Lipinski definition) is 1. The minimum absolute atomic E-state index is 0.137. The zero-order valence-electron chi connectivity index (χ0n) is 13.9. The summed E-state index contributed by atoms with van der Waals surface area (Å²) in [5.74, 6) is -0.370. The number of aromatic nitrogens is 2. The number of rotatable bonds is 4. The maximum atomic E-state index is 13.6. The average Bonchev–Trinajstić information content (AvgIpc) is 3.00. The smallest absolute Gasteiger partial charge is 0.268 e. The van der Waals surface area contributed by atoms with Crippen molar-refractivity contribution >= 4 is 17.5 Å². The minimum atomic E-state index is -0.631. The van der Waals surface area contributed by atoms with Gasteiger partial charge in [0.05, 0.1) is 0 Å². The number of imidazole rings is 1. The fourth-order valence-corrected chi connectivity index (χ4v) is 2.69. The van der Waals surface area contributed by atoms with Crippen molar-refractivity contribution in [3.8, 4) is 0 Å². The van der Waals surface area contributed by atoms with Crippen LogP contribution in [-0.2, 0) is 16.6 Å². The summed E-state index contributed by atoms with van der Waals surface area (Å²) in [5, 5.41) is 8.03. The third-order valence-corrected chi connectivity index (χ3v) is 4.04. The summed E-state index contributed by atoms with van der Waals surface area (Å²) in [5.41, 5.74) is 0.834. The molecule has 0 bridgehead atoms. The number of hydrogen-bond acceptors (Lipinski definition) is 4. The monoisotopic (exact) mass is 343 g/mol. The highest BCUT2D eigenvalue weighted by atomic mass is 19.1. The van der Waals surface area contributed by atoms with E-state index in [0.29, 0.717) is 11.4 Å². The molecule has 1 aromatic carbocycles. The summed E-state index contributed by atoms with van der Waals surface area (Å²) in [6, 6.07) is 5.37. The summed E-state index contributed by atoms with van der Waals surface area (Å²) in [7, 11) is 3.31. The van der Waals surface area contributed by atoms with Crippen molar-refractivity contribution in [3.05, 3.63) is 53.9 Å². The van der Waals surface area contributed by atoms with E-state index in [1.807, 2.05) is 0 Å². The number of amides is 2. The lowest BCUT2D eigenvalue weighted by atomic mass is 10.0. The van der Waals surface area contributed by atoms with E-state index in [9.17, 15) is 14.0 Å². The van der Waals surface area contributed by atoms with Crippen molar-refractivity contribution in [2.24, 2.45) is 12.1 Å². The van der Waals surface area contributed by atoms with E-state index in [1.54, 1.807) is 36.1 Å². The summed E-state index contributed by atoms with van der Waals surface area (Å²) < 4.78 is 15.4. The molecule has 25 heavy (non-hydrogen) atoms. The summed E-state index contributed by atoms with van der Waals surface area (Å²) in [6.07, 6.45) is 3.86. The highest BCUT2D eigenvalue weighted by Gasteiger charge is 2.26. The predicted octanol–water partition coefficient (Wildman–Crippen LogP) is 1.37. The Morgan fingerprint density at radius 1 is 1.32 bits per heavy atom. The molecule has 0 saturated carbocycles. The van der Waals surface area contributed by atoms with E-state index in [1.165, 1.54) is 19.2 Å². The summed E-state index contributed by atoms with van der Waals surface area (Å²) in [4.78, 5) is 28.4. The van der Waals surface area contributed by atoms with Crippen molar-refractivity contribution in [2.45, 2.75) is 18.9 Å². The largest absolute Gasteiger partial charge is 0.337 e. The maximum absolute atomic E-state index is 13.6. The maximum Gasteiger partial charge on any atom is 0.268 e. The van der Waals surface area contributed by atoms with E-state index in [2.05, 4.69) is 15.4 Å². The number of carbonyl (C=O) groups excluding carboxylic acids is 2. The molecule has 8 heteroatoms. The molecule has 1 N–H and O–H groups in total. The first-order valence-electron chi connectivity index (χ1n) is 7.83. The second-order valence-electron chi connectivity index (χ2n) is 5.82. The second kappa shape index (κ2) is 6.84. The number of carbonyl (C=O) groups is 2. The molecule has 2 amide bonds. The molecule has 0 saturated heterocycles. The minimum Gasteiger partial charge on any atom is -0.337 e. The van der Waals surface area contributed by atoms with Gasteiger partial charge in [0.25, 0.3) is 5.91 Å². The number of nitrogens with one attached hydrogen (secondary N) is 1. The normalized spacial score (nSPS) is 15.7. The van der Waals surface area contributed by atoms with Gasteiger partial charge in [-0.2, -0.15) is 5.10 Å². The van der Waals surface area contributed by atoms with Crippen molar-refractivity contribution in [1.29, 1.82) is 0 Å². The highest BCUT2D eigenvalue weighted by Crippen LogP contribution is 2.21. The molecule has 0 aliphatic carbocycles. The van der Waals surface area contributed by atoms with E-state index in [-0.39, 0.29) is 24.5 Å². The molecule has 3 rings (SSSR count). The Morgan fingerprint density at radius 2 is 2.12 bits per heavy atom. The Bertz CT molecular complexity index is 845. The molecule has 130 valence electrons. The molecular formula is C17H18FN5O2. The fourth-order valence-electron chi connectivity index (χ4n) is 2.69. The van der Waals surface area contributed by atoms with Crippen LogP contribution in [0.3, 0.4) is 0 Å². The second-order valence-corrected chi connectivity index (χ2v) is 5.82. The van der Waals surface area contributed by atoms with Crippen LogP contribution in [-0.4, -0.2) is 39.1 Å². The highest BCUT2D eigenvalue weighted by molar-refractivity contribution is 6.39. The molecule has 1 aliphatic rings. The van der Waals surface area contributed by atoms with Crippen LogP contribution in [0.15, 0.2) is 41.8 Å². The number of benzene rings is 1. The number of aryl methyl sites for hydroxylation is 1. The van der Waals surface area contributed by atoms with Crippen LogP contribution in [0.1, 0.15) is 30.3 Å². The van der Waals surface area contributed by atoms with Gasteiger partial charge >= 0.3 is 0 Å². The van der Waals surface area contributed by atoms with Gasteiger partial charge in [0.15, 0.2) is 0 Å². The van der Waals surface area contributed by atoms with Crippen LogP contribution < -0.4 is 5.32 Å². The lowest BCUT2D eigenvalue weighted by molar-refractivity contribution is -0.130. The van der Waals surface area contributed by atoms with Gasteiger partial charge in [0.1, 0.15) is 23.4 Å². The first-order valence-corrected chi connectivity index (χ1v) is 7.83. The van der Waals surface area contributed by atoms with Gasteiger partial charge in [-0.1, -0.05) is 12.1 Å². The summed E-state index contributed by atoms with van der Waals surface area (Å²) >= 11 is 0. The fraction of sp³-hybridized carbons (Fsp3) is 0.294. The number of nitrogens with zero attached hydrogens (tertiary/aromatic N) is 4. The van der Waals surface area contributed by atoms with Crippen molar-refractivity contribution in [2.75, 3.05) is 7.05 Å². The van der Waals surface area contributed by atoms with E-state index in [0.717, 1.165) is 5.01 Å². The van der Waals surface area contributed by atoms with E-state index in [4.69, 9.17) is 0 Å². The Labute approximate surface area is 144 Å². The van der Waals surface area contributed by atoms with Crippen LogP contribution in [0.25, 0.3) is 0 Å². The van der Waals surface area contributed by atoms with Gasteiger partial charge in [0, 0.05) is 39.3 Å². The number of hydrazone groups is 1. The van der Waals surface area contributed by atoms with Crippen LogP contribution in [0, 0.1) is 5.82 Å². The van der Waals surface area contributed by atoms with Crippen molar-refractivity contribution in [1.82, 2.24) is 19.9 Å². The summed E-state index contributed by atoms with van der Waals surface area (Å²) in [6.45, 7) is 0. The van der Waals surface area contributed by atoms with Gasteiger partial charge in [-0.3, -0.25) is 9.59 Å². The third-order valence-electron chi connectivity index (χ3n) is 4.04. The van der Waals surface area contributed by atoms with Crippen LogP contribution in [0.4, 0.5) is 4.39 Å². The topological polar surface area (TPSA) is 79.6 Å². The molecule has 0 radical (unpaired) electrons. The quantitative estimate of drug-likeness (QED) is 0.911. The molecule has 1 aromatic heterocycles. The van der Waals surface area contributed by atoms with E-state index >= 15 is 0 Å². The SMILES string of the molecule is CN1N=C(C(=O)N[C@@H](c2cccc(F)c2)c2nccn2C)CCC1=O. The molecule has 0 spiro atoms. The third kappa shape index (κ3) is 3.57. The van der Waals surface area contributed by atoms with Crippen LogP contribution in [0.5, 0.6) is 0 Å². The first kappa shape index (κ1) is 16.8. The van der Waals surface area contributed by atoms with Crippen molar-refractivity contribution < 1.29 is 14.0 Å². The first-order chi connectivity index (χ1) is 12.0. The molecule has 1 aliphatic heterocycles. The number of halogens is 1. The van der Waals surface area contributed by atoms with Crippen molar-refractivity contribution in [3.63, 3.8) is 0 Å². The molecule has 2 aromatic rings.